The van der Waals surface area contributed by atoms with E-state index in [9.17, 15) is 9.59 Å². The van der Waals surface area contributed by atoms with Crippen LogP contribution in [0.25, 0.3) is 0 Å². The van der Waals surface area contributed by atoms with E-state index in [0.717, 1.165) is 19.5 Å². The molecule has 0 aliphatic carbocycles. The summed E-state index contributed by atoms with van der Waals surface area (Å²) >= 11 is 0. The number of nitrogens with one attached hydrogen (secondary N) is 1. The molecule has 1 rings (SSSR count). The number of nitrogens with zero attached hydrogens (tertiary/aromatic N) is 2. The maximum absolute atomic E-state index is 11.7. The summed E-state index contributed by atoms with van der Waals surface area (Å²) in [5.74, 6) is 0.0452. The standard InChI is InChI=1S/C14H27N3O2.ClH/c1-11(2)17(12(3)4)9-7-15-13(18)10-16-8-5-6-14(16)19;/h11-12H,5-10H2,1-4H3,(H,15,18);1H. The lowest BCUT2D eigenvalue weighted by atomic mass is 10.2. The van der Waals surface area contributed by atoms with Gasteiger partial charge in [-0.15, -0.1) is 0 Å². The molecule has 0 aromatic heterocycles. The fourth-order valence-corrected chi connectivity index (χ4v) is 2.54. The Hall–Kier alpha value is -0.810. The number of halogens is 1. The summed E-state index contributed by atoms with van der Waals surface area (Å²) in [6.45, 7) is 11.0. The number of rotatable bonds is 7. The Labute approximate surface area is 130 Å². The second-order valence-electron chi connectivity index (χ2n) is 5.69. The second-order valence-corrected chi connectivity index (χ2v) is 5.69. The van der Waals surface area contributed by atoms with Crippen LogP contribution in [0, 0.1) is 0 Å². The Bertz CT molecular complexity index is 319. The van der Waals surface area contributed by atoms with Gasteiger partial charge in [0.1, 0.15) is 0 Å². The Morgan fingerprint density at radius 1 is 1.35 bits per heavy atom. The minimum Gasteiger partial charge on any atom is -1.00 e. The van der Waals surface area contributed by atoms with Crippen molar-refractivity contribution in [2.75, 3.05) is 26.2 Å². The van der Waals surface area contributed by atoms with E-state index in [1.165, 1.54) is 0 Å². The van der Waals surface area contributed by atoms with Crippen molar-refractivity contribution < 1.29 is 23.4 Å². The fourth-order valence-electron chi connectivity index (χ4n) is 2.54. The van der Waals surface area contributed by atoms with Crippen LogP contribution < -0.4 is 17.7 Å². The van der Waals surface area contributed by atoms with Crippen LogP contribution in [-0.4, -0.2) is 59.9 Å². The van der Waals surface area contributed by atoms with Crippen molar-refractivity contribution in [2.45, 2.75) is 52.6 Å². The highest BCUT2D eigenvalue weighted by Gasteiger charge is 2.22. The van der Waals surface area contributed by atoms with Crippen molar-refractivity contribution in [3.8, 4) is 0 Å². The van der Waals surface area contributed by atoms with Crippen LogP contribution in [0.4, 0.5) is 0 Å². The van der Waals surface area contributed by atoms with Crippen molar-refractivity contribution in [3.05, 3.63) is 0 Å². The topological polar surface area (TPSA) is 52.7 Å². The van der Waals surface area contributed by atoms with E-state index >= 15 is 0 Å². The van der Waals surface area contributed by atoms with Gasteiger partial charge in [-0.25, -0.2) is 0 Å². The van der Waals surface area contributed by atoms with E-state index in [1.54, 1.807) is 4.90 Å². The van der Waals surface area contributed by atoms with Crippen molar-refractivity contribution in [3.63, 3.8) is 0 Å². The zero-order valence-electron chi connectivity index (χ0n) is 14.0. The van der Waals surface area contributed by atoms with Crippen LogP contribution in [0.1, 0.15) is 42.0 Å². The van der Waals surface area contributed by atoms with Gasteiger partial charge in [-0.1, -0.05) is 0 Å². The molecule has 1 aliphatic heterocycles. The molecule has 0 radical (unpaired) electrons. The minimum absolute atomic E-state index is 0. The smallest absolute Gasteiger partial charge is 1.00 e. The van der Waals surface area contributed by atoms with Gasteiger partial charge in [-0.2, -0.15) is 0 Å². The predicted molar refractivity (Wildman–Crippen MR) is 76.9 cm³/mol. The molecule has 0 bridgehead atoms. The van der Waals surface area contributed by atoms with Gasteiger partial charge in [0.2, 0.25) is 11.8 Å². The molecule has 1 heterocycles. The lowest BCUT2D eigenvalue weighted by Gasteiger charge is -2.30. The summed E-state index contributed by atoms with van der Waals surface area (Å²) in [6, 6.07) is 0.939. The van der Waals surface area contributed by atoms with Gasteiger partial charge in [-0.3, -0.25) is 14.5 Å². The Kier molecular flexibility index (Phi) is 8.81. The SMILES string of the molecule is CC(C)N(CCNC(=O)CN1CCCC1=O)C(C)C.[Cl-].[H+]. The van der Waals surface area contributed by atoms with Gasteiger partial charge in [0, 0.05) is 38.1 Å². The number of likely N-dealkylation sites (tertiary alicyclic amines) is 1. The minimum atomic E-state index is -0.0530. The molecule has 20 heavy (non-hydrogen) atoms. The van der Waals surface area contributed by atoms with Gasteiger partial charge in [0.25, 0.3) is 0 Å². The van der Waals surface area contributed by atoms with Crippen LogP contribution in [0.5, 0.6) is 0 Å². The highest BCUT2D eigenvalue weighted by molar-refractivity contribution is 5.85. The molecule has 1 saturated heterocycles. The summed E-state index contributed by atoms with van der Waals surface area (Å²) in [5.41, 5.74) is 0. The summed E-state index contributed by atoms with van der Waals surface area (Å²) in [6.07, 6.45) is 1.46. The normalized spacial score (nSPS) is 15.2. The third-order valence-electron chi connectivity index (χ3n) is 3.52. The number of carbonyl (C=O) groups excluding carboxylic acids is 2. The Morgan fingerprint density at radius 3 is 2.40 bits per heavy atom. The third-order valence-corrected chi connectivity index (χ3v) is 3.52. The highest BCUT2D eigenvalue weighted by Crippen LogP contribution is 2.08. The first-order valence-electron chi connectivity index (χ1n) is 7.22. The number of hydrogen-bond donors (Lipinski definition) is 1. The lowest BCUT2D eigenvalue weighted by molar-refractivity contribution is -0.133. The predicted octanol–water partition coefficient (Wildman–Crippen LogP) is -2.04. The first kappa shape index (κ1) is 19.2. The molecule has 0 aromatic carbocycles. The van der Waals surface area contributed by atoms with Crippen molar-refractivity contribution in [2.24, 2.45) is 0 Å². The maximum atomic E-state index is 11.7. The molecule has 2 amide bonds. The molecule has 0 atom stereocenters. The molecule has 1 aliphatic rings. The molecule has 1 fully saturated rings. The summed E-state index contributed by atoms with van der Waals surface area (Å²) in [7, 11) is 0. The Balaban J connectivity index is 0. The monoisotopic (exact) mass is 305 g/mol. The van der Waals surface area contributed by atoms with Gasteiger partial charge in [-0.05, 0) is 34.1 Å². The first-order valence-corrected chi connectivity index (χ1v) is 7.22. The molecular weight excluding hydrogens is 278 g/mol. The van der Waals surface area contributed by atoms with Crippen LogP contribution in [-0.2, 0) is 9.59 Å². The zero-order chi connectivity index (χ0) is 14.4. The van der Waals surface area contributed by atoms with E-state index in [1.807, 2.05) is 0 Å². The molecule has 6 heteroatoms. The van der Waals surface area contributed by atoms with Crippen molar-refractivity contribution in [1.29, 1.82) is 0 Å². The third kappa shape index (κ3) is 6.09. The fraction of sp³-hybridized carbons (Fsp3) is 0.857. The molecule has 5 nitrogen and oxygen atoms in total. The van der Waals surface area contributed by atoms with Gasteiger partial charge in [0.15, 0.2) is 0 Å². The van der Waals surface area contributed by atoms with E-state index in [-0.39, 0.29) is 32.2 Å². The molecule has 0 spiro atoms. The Morgan fingerprint density at radius 2 is 1.95 bits per heavy atom. The zero-order valence-corrected chi connectivity index (χ0v) is 13.7. The lowest BCUT2D eigenvalue weighted by Crippen LogP contribution is -3.00. The van der Waals surface area contributed by atoms with Crippen LogP contribution in [0.15, 0.2) is 0 Å². The van der Waals surface area contributed by atoms with Crippen LogP contribution >= 0.6 is 0 Å². The number of amides is 2. The largest absolute Gasteiger partial charge is 1.00 e. The first-order chi connectivity index (χ1) is 8.91. The molecule has 0 unspecified atom stereocenters. The van der Waals surface area contributed by atoms with Gasteiger partial charge in [0.05, 0.1) is 6.54 Å². The summed E-state index contributed by atoms with van der Waals surface area (Å²) in [5, 5.41) is 2.90. The average molecular weight is 306 g/mol. The van der Waals surface area contributed by atoms with Crippen molar-refractivity contribution in [1.82, 2.24) is 15.1 Å². The van der Waals surface area contributed by atoms with E-state index < -0.39 is 0 Å². The summed E-state index contributed by atoms with van der Waals surface area (Å²) in [4.78, 5) is 27.1. The van der Waals surface area contributed by atoms with E-state index in [0.29, 0.717) is 25.0 Å². The summed E-state index contributed by atoms with van der Waals surface area (Å²) < 4.78 is 0. The number of hydrogen-bond acceptors (Lipinski definition) is 3. The second kappa shape index (κ2) is 9.19. The maximum Gasteiger partial charge on any atom is 1.00 e. The molecule has 0 aromatic rings. The van der Waals surface area contributed by atoms with Gasteiger partial charge < -0.3 is 22.6 Å². The quantitative estimate of drug-likeness (QED) is 0.590. The van der Waals surface area contributed by atoms with E-state index in [2.05, 4.69) is 37.9 Å². The van der Waals surface area contributed by atoms with E-state index in [4.69, 9.17) is 0 Å². The molecule has 0 saturated carbocycles. The number of carbonyl (C=O) groups is 2. The van der Waals surface area contributed by atoms with Crippen LogP contribution in [0.2, 0.25) is 0 Å². The highest BCUT2D eigenvalue weighted by atomic mass is 35.5. The molecule has 118 valence electrons. The molecule has 1 N–H and O–H groups in total. The average Bonchev–Trinajstić information content (AvgIpc) is 2.69. The molecular formula is C14H28ClN3O2. The van der Waals surface area contributed by atoms with Crippen LogP contribution in [0.3, 0.4) is 0 Å². The van der Waals surface area contributed by atoms with Crippen molar-refractivity contribution >= 4 is 11.8 Å². The van der Waals surface area contributed by atoms with Gasteiger partial charge >= 0.3 is 1.43 Å².